The topological polar surface area (TPSA) is 91.0 Å². The second kappa shape index (κ2) is 14.5. The number of nitrogens with one attached hydrogen (secondary N) is 2. The lowest BCUT2D eigenvalue weighted by atomic mass is 10.1. The number of rotatable bonds is 10. The number of alkyl halides is 1. The van der Waals surface area contributed by atoms with E-state index in [2.05, 4.69) is 16.7 Å². The highest BCUT2D eigenvalue weighted by Crippen LogP contribution is 2.36. The molecule has 10 heteroatoms. The number of anilines is 1. The molecule has 2 aromatic carbocycles. The maximum atomic E-state index is 14.3. The molecule has 3 aromatic rings. The Balaban J connectivity index is 1.37. The first kappa shape index (κ1) is 30.5. The third-order valence-corrected chi connectivity index (χ3v) is 8.61. The van der Waals surface area contributed by atoms with E-state index in [9.17, 15) is 14.4 Å². The number of aryl methyl sites for hydroxylation is 1. The van der Waals surface area contributed by atoms with Crippen LogP contribution in [0.4, 0.5) is 5.69 Å². The monoisotopic (exact) mass is 618 g/mol. The molecule has 2 aliphatic rings. The van der Waals surface area contributed by atoms with Gasteiger partial charge in [0.25, 0.3) is 5.91 Å². The van der Waals surface area contributed by atoms with E-state index in [4.69, 9.17) is 16.3 Å². The maximum absolute atomic E-state index is 14.3. The Labute approximate surface area is 261 Å². The summed E-state index contributed by atoms with van der Waals surface area (Å²) in [5.41, 5.74) is 2.35. The molecule has 0 radical (unpaired) electrons. The Morgan fingerprint density at radius 3 is 2.67 bits per heavy atom. The van der Waals surface area contributed by atoms with Crippen LogP contribution >= 0.6 is 22.9 Å². The molecule has 1 fully saturated rings. The number of carbonyl (C=O) groups is 3. The van der Waals surface area contributed by atoms with E-state index in [1.165, 1.54) is 16.2 Å². The van der Waals surface area contributed by atoms with E-state index in [1.54, 1.807) is 4.90 Å². The molecule has 8 nitrogen and oxygen atoms in total. The number of hydrogen-bond donors (Lipinski definition) is 2. The molecular weight excluding hydrogens is 584 g/mol. The number of nitrogens with zero attached hydrogens (tertiary/aromatic N) is 2. The van der Waals surface area contributed by atoms with Gasteiger partial charge < -0.3 is 20.3 Å². The number of ether oxygens (including phenoxy) is 1. The van der Waals surface area contributed by atoms with Gasteiger partial charge in [0.15, 0.2) is 0 Å². The van der Waals surface area contributed by atoms with Crippen molar-refractivity contribution >= 4 is 46.3 Å². The summed E-state index contributed by atoms with van der Waals surface area (Å²) in [7, 11) is 0. The van der Waals surface area contributed by atoms with Crippen LogP contribution in [0.25, 0.3) is 0 Å². The van der Waals surface area contributed by atoms with Crippen LogP contribution in [-0.2, 0) is 20.9 Å². The summed E-state index contributed by atoms with van der Waals surface area (Å²) in [5, 5.41) is 8.07. The van der Waals surface area contributed by atoms with Crippen LogP contribution in [0.5, 0.6) is 5.75 Å². The molecule has 0 bridgehead atoms. The molecule has 0 saturated carbocycles. The Bertz CT molecular complexity index is 1480. The maximum Gasteiger partial charge on any atom is 0.251 e. The fourth-order valence-electron chi connectivity index (χ4n) is 5.29. The Hall–Kier alpha value is -3.92. The Morgan fingerprint density at radius 1 is 1.14 bits per heavy atom. The van der Waals surface area contributed by atoms with Crippen molar-refractivity contribution in [2.24, 2.45) is 0 Å². The van der Waals surface area contributed by atoms with E-state index in [0.717, 1.165) is 17.5 Å². The molecule has 2 heterocycles. The molecule has 1 aliphatic carbocycles. The van der Waals surface area contributed by atoms with Crippen molar-refractivity contribution in [3.63, 3.8) is 0 Å². The Kier molecular flexibility index (Phi) is 10.3. The molecule has 1 saturated heterocycles. The molecular formula is C33H35ClN4O4S. The molecule has 43 heavy (non-hydrogen) atoms. The zero-order valence-corrected chi connectivity index (χ0v) is 25.5. The van der Waals surface area contributed by atoms with E-state index >= 15 is 0 Å². The summed E-state index contributed by atoms with van der Waals surface area (Å²) in [5.74, 6) is -0.453. The predicted octanol–water partition coefficient (Wildman–Crippen LogP) is 4.75. The molecule has 224 valence electrons. The standard InChI is InChI=1S/C33H35ClN4O4S/c1-23-19-26(42-25-11-6-3-7-12-25)14-15-28(23)38(30(39)20-34)31(29-13-8-18-43-29)33(41)37-17-16-35-27(22-37)32(40)36-21-24-9-4-2-5-10-24/h2-11,13-15,18-19,25,27,31,35H,12,16-17,20-22H2,1H3,(H,36,40)/t25?,27-,31-/m1/s1. The zero-order valence-electron chi connectivity index (χ0n) is 23.9. The first-order valence-electron chi connectivity index (χ1n) is 14.3. The highest BCUT2D eigenvalue weighted by molar-refractivity contribution is 7.10. The summed E-state index contributed by atoms with van der Waals surface area (Å²) in [6.45, 7) is 3.32. The van der Waals surface area contributed by atoms with Gasteiger partial charge in [-0.25, -0.2) is 0 Å². The lowest BCUT2D eigenvalue weighted by molar-refractivity contribution is -0.137. The van der Waals surface area contributed by atoms with E-state index in [0.29, 0.717) is 35.9 Å². The van der Waals surface area contributed by atoms with Crippen LogP contribution in [0.15, 0.2) is 90.3 Å². The highest BCUT2D eigenvalue weighted by atomic mass is 35.5. The van der Waals surface area contributed by atoms with Crippen LogP contribution in [0.1, 0.15) is 28.5 Å². The average molecular weight is 619 g/mol. The van der Waals surface area contributed by atoms with Crippen LogP contribution in [0.2, 0.25) is 0 Å². The van der Waals surface area contributed by atoms with Gasteiger partial charge >= 0.3 is 0 Å². The number of allylic oxidation sites excluding steroid dienone is 2. The Morgan fingerprint density at radius 2 is 1.98 bits per heavy atom. The summed E-state index contributed by atoms with van der Waals surface area (Å²) in [6.07, 6.45) is 8.71. The van der Waals surface area contributed by atoms with Crippen molar-refractivity contribution in [3.05, 3.63) is 106 Å². The SMILES string of the molecule is Cc1cc(OC2C=CC=CC2)ccc1N(C(=O)CCl)[C@@H](C(=O)N1CCN[C@@H](C(=O)NCc2ccccc2)C1)c1cccs1. The molecule has 1 aliphatic heterocycles. The predicted molar refractivity (Wildman–Crippen MR) is 170 cm³/mol. The first-order valence-corrected chi connectivity index (χ1v) is 15.7. The van der Waals surface area contributed by atoms with Gasteiger partial charge in [-0.3, -0.25) is 19.3 Å². The quantitative estimate of drug-likeness (QED) is 0.320. The van der Waals surface area contributed by atoms with Crippen molar-refractivity contribution in [3.8, 4) is 5.75 Å². The summed E-state index contributed by atoms with van der Waals surface area (Å²) in [6, 6.07) is 17.4. The van der Waals surface area contributed by atoms with E-state index in [-0.39, 0.29) is 30.3 Å². The minimum Gasteiger partial charge on any atom is -0.486 e. The fraction of sp³-hybridized carbons (Fsp3) is 0.303. The van der Waals surface area contributed by atoms with Crippen molar-refractivity contribution in [2.45, 2.75) is 38.1 Å². The van der Waals surface area contributed by atoms with E-state index < -0.39 is 18.0 Å². The van der Waals surface area contributed by atoms with Crippen LogP contribution in [0, 0.1) is 6.92 Å². The molecule has 2 N–H and O–H groups in total. The summed E-state index contributed by atoms with van der Waals surface area (Å²) < 4.78 is 6.13. The van der Waals surface area contributed by atoms with Crippen molar-refractivity contribution in [1.29, 1.82) is 0 Å². The van der Waals surface area contributed by atoms with Crippen molar-refractivity contribution in [2.75, 3.05) is 30.4 Å². The van der Waals surface area contributed by atoms with E-state index in [1.807, 2.05) is 91.2 Å². The summed E-state index contributed by atoms with van der Waals surface area (Å²) >= 11 is 7.54. The second-order valence-electron chi connectivity index (χ2n) is 10.5. The number of amides is 3. The molecule has 3 atom stereocenters. The fourth-order valence-corrected chi connectivity index (χ4v) is 6.22. The van der Waals surface area contributed by atoms with Crippen LogP contribution in [0.3, 0.4) is 0 Å². The van der Waals surface area contributed by atoms with Crippen LogP contribution in [-0.4, -0.2) is 60.3 Å². The summed E-state index contributed by atoms with van der Waals surface area (Å²) in [4.78, 5) is 44.7. The van der Waals surface area contributed by atoms with Crippen LogP contribution < -0.4 is 20.3 Å². The van der Waals surface area contributed by atoms with Gasteiger partial charge in [-0.1, -0.05) is 54.6 Å². The number of piperazine rings is 1. The first-order chi connectivity index (χ1) is 20.9. The molecule has 3 amide bonds. The number of thiophene rings is 1. The van der Waals surface area contributed by atoms with Gasteiger partial charge in [0.05, 0.1) is 0 Å². The molecule has 5 rings (SSSR count). The second-order valence-corrected chi connectivity index (χ2v) is 11.7. The number of benzene rings is 2. The normalized spacial score (nSPS) is 18.6. The van der Waals surface area contributed by atoms with Gasteiger partial charge in [0.1, 0.15) is 29.8 Å². The largest absolute Gasteiger partial charge is 0.486 e. The van der Waals surface area contributed by atoms with Crippen molar-refractivity contribution < 1.29 is 19.1 Å². The van der Waals surface area contributed by atoms with Gasteiger partial charge in [0.2, 0.25) is 11.8 Å². The zero-order chi connectivity index (χ0) is 30.2. The highest BCUT2D eigenvalue weighted by Gasteiger charge is 2.39. The van der Waals surface area contributed by atoms with Gasteiger partial charge in [-0.15, -0.1) is 22.9 Å². The number of carbonyl (C=O) groups excluding carboxylic acids is 3. The number of hydrogen-bond acceptors (Lipinski definition) is 6. The van der Waals surface area contributed by atoms with Crippen molar-refractivity contribution in [1.82, 2.24) is 15.5 Å². The smallest absolute Gasteiger partial charge is 0.251 e. The molecule has 1 unspecified atom stereocenters. The third-order valence-electron chi connectivity index (χ3n) is 7.46. The van der Waals surface area contributed by atoms with Gasteiger partial charge in [-0.05, 0) is 53.8 Å². The molecule has 0 spiro atoms. The molecule has 1 aromatic heterocycles. The number of halogens is 1. The minimum absolute atomic E-state index is 0.0678. The lowest BCUT2D eigenvalue weighted by Crippen LogP contribution is -2.60. The van der Waals surface area contributed by atoms with Gasteiger partial charge in [0, 0.05) is 43.2 Å². The third kappa shape index (κ3) is 7.54. The van der Waals surface area contributed by atoms with Gasteiger partial charge in [-0.2, -0.15) is 0 Å². The minimum atomic E-state index is -0.936. The average Bonchev–Trinajstić information content (AvgIpc) is 3.58. The lowest BCUT2D eigenvalue weighted by Gasteiger charge is -2.38.